The number of anilines is 2. The Balaban J connectivity index is 2.07. The Labute approximate surface area is 120 Å². The maximum atomic E-state index is 12.2. The Hall–Kier alpha value is -2.61. The highest BCUT2D eigenvalue weighted by molar-refractivity contribution is 6.01. The topological polar surface area (TPSA) is 99.1 Å². The lowest BCUT2D eigenvalue weighted by Gasteiger charge is -2.36. The van der Waals surface area contributed by atoms with E-state index in [1.165, 1.54) is 6.07 Å². The second-order valence-electron chi connectivity index (χ2n) is 4.57. The van der Waals surface area contributed by atoms with Crippen LogP contribution in [0.5, 0.6) is 0 Å². The van der Waals surface area contributed by atoms with Gasteiger partial charge in [-0.1, -0.05) is 30.3 Å². The monoisotopic (exact) mass is 286 g/mol. The Kier molecular flexibility index (Phi) is 3.22. The third-order valence-corrected chi connectivity index (χ3v) is 3.34. The van der Waals surface area contributed by atoms with Crippen LogP contribution in [0.3, 0.4) is 0 Å². The van der Waals surface area contributed by atoms with Gasteiger partial charge < -0.3 is 15.8 Å². The summed E-state index contributed by atoms with van der Waals surface area (Å²) in [6.07, 6.45) is -0.966. The van der Waals surface area contributed by atoms with Crippen molar-refractivity contribution in [3.63, 3.8) is 0 Å². The first-order valence-corrected chi connectivity index (χ1v) is 6.22. The molecule has 2 aromatic carbocycles. The first-order valence-electron chi connectivity index (χ1n) is 6.22. The van der Waals surface area contributed by atoms with Crippen LogP contribution >= 0.6 is 0 Å². The summed E-state index contributed by atoms with van der Waals surface area (Å²) in [4.78, 5) is 12.2. The predicted octanol–water partition coefficient (Wildman–Crippen LogP) is 2.34. The lowest BCUT2D eigenvalue weighted by molar-refractivity contribution is -0.0851. The Bertz CT molecular complexity index is 689. The smallest absolute Gasteiger partial charge is 0.281 e. The summed E-state index contributed by atoms with van der Waals surface area (Å²) in [6, 6.07) is 12.9. The molecule has 0 saturated heterocycles. The predicted molar refractivity (Wildman–Crippen MR) is 74.8 cm³/mol. The molecule has 0 radical (unpaired) electrons. The Morgan fingerprint density at radius 2 is 1.81 bits per heavy atom. The van der Waals surface area contributed by atoms with Gasteiger partial charge in [-0.25, -0.2) is 0 Å². The van der Waals surface area contributed by atoms with Crippen molar-refractivity contribution in [2.24, 2.45) is 0 Å². The summed E-state index contributed by atoms with van der Waals surface area (Å²) in [5.74, 6) is -0.584. The van der Waals surface area contributed by atoms with E-state index in [0.29, 0.717) is 16.3 Å². The molecule has 7 heteroatoms. The van der Waals surface area contributed by atoms with Crippen molar-refractivity contribution in [1.82, 2.24) is 5.06 Å². The molecule has 0 fully saturated rings. The van der Waals surface area contributed by atoms with Crippen molar-refractivity contribution in [3.8, 4) is 0 Å². The standard InChI is InChI=1S/C14H12N3O4/c18-14-9-5-1-3-7-11(9)15-13(16(14)19)10-6-2-4-8-12(10)17(20)21/h1-8,13,15,19-20H/q-1. The van der Waals surface area contributed by atoms with Crippen LogP contribution < -0.4 is 10.5 Å². The maximum Gasteiger partial charge on any atom is 0.281 e. The van der Waals surface area contributed by atoms with Gasteiger partial charge in [0, 0.05) is 11.3 Å². The summed E-state index contributed by atoms with van der Waals surface area (Å²) < 4.78 is 0. The minimum absolute atomic E-state index is 0.0544. The molecule has 2 aromatic rings. The normalized spacial score (nSPS) is 17.2. The minimum atomic E-state index is -0.966. The van der Waals surface area contributed by atoms with Crippen LogP contribution in [-0.4, -0.2) is 21.4 Å². The van der Waals surface area contributed by atoms with E-state index in [0.717, 1.165) is 0 Å². The molecular weight excluding hydrogens is 274 g/mol. The number of nitrogens with zero attached hydrogens (tertiary/aromatic N) is 2. The number of carbonyl (C=O) groups excluding carboxylic acids is 1. The Morgan fingerprint density at radius 1 is 1.14 bits per heavy atom. The van der Waals surface area contributed by atoms with Gasteiger partial charge in [-0.2, -0.15) is 5.06 Å². The highest BCUT2D eigenvalue weighted by Crippen LogP contribution is 2.35. The zero-order chi connectivity index (χ0) is 15.0. The van der Waals surface area contributed by atoms with E-state index in [-0.39, 0.29) is 16.5 Å². The molecule has 1 atom stereocenters. The molecule has 1 amide bonds. The van der Waals surface area contributed by atoms with Crippen molar-refractivity contribution >= 4 is 17.3 Å². The molecule has 0 aromatic heterocycles. The Morgan fingerprint density at radius 3 is 2.57 bits per heavy atom. The van der Waals surface area contributed by atoms with Crippen LogP contribution in [-0.2, 0) is 0 Å². The van der Waals surface area contributed by atoms with Crippen molar-refractivity contribution < 1.29 is 15.2 Å². The second kappa shape index (κ2) is 5.06. The number of hydrogen-bond acceptors (Lipinski definition) is 6. The van der Waals surface area contributed by atoms with Crippen LogP contribution in [0.15, 0.2) is 48.5 Å². The van der Waals surface area contributed by atoms with Gasteiger partial charge in [-0.15, -0.1) is 0 Å². The van der Waals surface area contributed by atoms with Gasteiger partial charge in [0.15, 0.2) is 6.17 Å². The zero-order valence-electron chi connectivity index (χ0n) is 10.8. The highest BCUT2D eigenvalue weighted by Gasteiger charge is 2.33. The van der Waals surface area contributed by atoms with Crippen LogP contribution in [0.1, 0.15) is 22.1 Å². The maximum absolute atomic E-state index is 12.2. The first kappa shape index (κ1) is 13.4. The summed E-state index contributed by atoms with van der Waals surface area (Å²) in [7, 11) is 0. The van der Waals surface area contributed by atoms with E-state index in [1.807, 2.05) is 0 Å². The van der Waals surface area contributed by atoms with E-state index in [9.17, 15) is 15.2 Å². The van der Waals surface area contributed by atoms with Gasteiger partial charge in [0.1, 0.15) is 0 Å². The molecule has 1 unspecified atom stereocenters. The van der Waals surface area contributed by atoms with Gasteiger partial charge in [0.05, 0.1) is 11.3 Å². The summed E-state index contributed by atoms with van der Waals surface area (Å²) in [6.45, 7) is 0. The molecule has 7 nitrogen and oxygen atoms in total. The number of carbonyl (C=O) groups is 1. The van der Waals surface area contributed by atoms with Gasteiger partial charge >= 0.3 is 0 Å². The second-order valence-corrected chi connectivity index (χ2v) is 4.57. The molecule has 3 N–H and O–H groups in total. The fourth-order valence-corrected chi connectivity index (χ4v) is 2.35. The molecule has 3 rings (SSSR count). The molecule has 0 aliphatic carbocycles. The molecule has 21 heavy (non-hydrogen) atoms. The zero-order valence-corrected chi connectivity index (χ0v) is 10.8. The number of rotatable bonds is 2. The van der Waals surface area contributed by atoms with Crippen LogP contribution in [0.25, 0.3) is 0 Å². The lowest BCUT2D eigenvalue weighted by Crippen LogP contribution is -2.41. The molecule has 0 bridgehead atoms. The van der Waals surface area contributed by atoms with Crippen LogP contribution in [0.2, 0.25) is 0 Å². The van der Waals surface area contributed by atoms with Crippen LogP contribution in [0.4, 0.5) is 11.4 Å². The molecule has 1 heterocycles. The average Bonchev–Trinajstić information content (AvgIpc) is 2.51. The summed E-state index contributed by atoms with van der Waals surface area (Å²) in [5, 5.41) is 33.6. The molecule has 0 spiro atoms. The van der Waals surface area contributed by atoms with Crippen molar-refractivity contribution in [2.75, 3.05) is 10.5 Å². The third-order valence-electron chi connectivity index (χ3n) is 3.34. The first-order chi connectivity index (χ1) is 10.1. The number of amides is 1. The molecular formula is C14H12N3O4-. The van der Waals surface area contributed by atoms with Gasteiger partial charge in [-0.05, 0) is 18.2 Å². The molecule has 0 saturated carbocycles. The fraction of sp³-hybridized carbons (Fsp3) is 0.0714. The SMILES string of the molecule is O=C1c2ccccc2NC(c2ccccc2N([O-])O)N1O. The van der Waals surface area contributed by atoms with E-state index >= 15 is 0 Å². The number of hydroxylamine groups is 2. The minimum Gasteiger partial charge on any atom is -0.733 e. The summed E-state index contributed by atoms with van der Waals surface area (Å²) >= 11 is 0. The number of nitrogens with one attached hydrogen (secondary N) is 1. The van der Waals surface area contributed by atoms with Crippen molar-refractivity contribution in [2.45, 2.75) is 6.17 Å². The van der Waals surface area contributed by atoms with E-state index in [1.54, 1.807) is 42.5 Å². The van der Waals surface area contributed by atoms with E-state index < -0.39 is 12.1 Å². The summed E-state index contributed by atoms with van der Waals surface area (Å²) in [5.41, 5.74) is 1.10. The third kappa shape index (κ3) is 2.19. The number of para-hydroxylation sites is 2. The molecule has 108 valence electrons. The molecule has 1 aliphatic rings. The number of benzene rings is 2. The number of hydrogen-bond donors (Lipinski definition) is 3. The van der Waals surface area contributed by atoms with Crippen molar-refractivity contribution in [3.05, 3.63) is 64.9 Å². The average molecular weight is 286 g/mol. The highest BCUT2D eigenvalue weighted by atomic mass is 16.8. The van der Waals surface area contributed by atoms with Gasteiger partial charge in [-0.3, -0.25) is 15.2 Å². The lowest BCUT2D eigenvalue weighted by atomic mass is 10.0. The molecule has 1 aliphatic heterocycles. The van der Waals surface area contributed by atoms with Gasteiger partial charge in [0.2, 0.25) is 0 Å². The van der Waals surface area contributed by atoms with E-state index in [2.05, 4.69) is 5.32 Å². The fourth-order valence-electron chi connectivity index (χ4n) is 2.35. The largest absolute Gasteiger partial charge is 0.733 e. The van der Waals surface area contributed by atoms with Gasteiger partial charge in [0.25, 0.3) is 5.91 Å². The van der Waals surface area contributed by atoms with E-state index in [4.69, 9.17) is 5.21 Å². The number of fused-ring (bicyclic) bond motifs is 1. The quantitative estimate of drug-likeness (QED) is 0.579. The van der Waals surface area contributed by atoms with Crippen LogP contribution in [0, 0.1) is 5.21 Å². The van der Waals surface area contributed by atoms with Crippen molar-refractivity contribution in [1.29, 1.82) is 0 Å².